The number of halogens is 1. The molecule has 1 fully saturated rings. The zero-order chi connectivity index (χ0) is 10.7. The fourth-order valence-electron chi connectivity index (χ4n) is 2.64. The van der Waals surface area contributed by atoms with Crippen LogP contribution in [0.5, 0.6) is 0 Å². The van der Waals surface area contributed by atoms with E-state index in [0.29, 0.717) is 5.92 Å². The van der Waals surface area contributed by atoms with E-state index in [0.717, 1.165) is 17.5 Å². The van der Waals surface area contributed by atoms with E-state index in [-0.39, 0.29) is 0 Å². The van der Waals surface area contributed by atoms with Gasteiger partial charge in [-0.2, -0.15) is 0 Å². The Kier molecular flexibility index (Phi) is 3.66. The average molecular weight is 224 g/mol. The van der Waals surface area contributed by atoms with Crippen molar-refractivity contribution in [2.75, 3.05) is 6.54 Å². The molecule has 0 aromatic heterocycles. The predicted molar refractivity (Wildman–Crippen MR) is 65.2 cm³/mol. The second-order valence-electron chi connectivity index (χ2n) is 4.51. The molecule has 0 bridgehead atoms. The van der Waals surface area contributed by atoms with Crippen LogP contribution in [0.4, 0.5) is 0 Å². The molecule has 0 spiro atoms. The first-order valence-corrected chi connectivity index (χ1v) is 6.13. The van der Waals surface area contributed by atoms with Crippen LogP contribution in [-0.2, 0) is 0 Å². The lowest BCUT2D eigenvalue weighted by molar-refractivity contribution is 0.503. The van der Waals surface area contributed by atoms with Crippen LogP contribution in [0.2, 0.25) is 5.02 Å². The van der Waals surface area contributed by atoms with Crippen molar-refractivity contribution in [3.8, 4) is 0 Å². The second kappa shape index (κ2) is 5.00. The summed E-state index contributed by atoms with van der Waals surface area (Å²) < 4.78 is 0. The summed E-state index contributed by atoms with van der Waals surface area (Å²) in [5, 5.41) is 0.856. The van der Waals surface area contributed by atoms with E-state index < -0.39 is 0 Å². The Labute approximate surface area is 96.6 Å². The van der Waals surface area contributed by atoms with Crippen molar-refractivity contribution in [3.63, 3.8) is 0 Å². The molecule has 0 amide bonds. The average Bonchev–Trinajstić information content (AvgIpc) is 2.67. The summed E-state index contributed by atoms with van der Waals surface area (Å²) in [5.74, 6) is 1.54. The molecule has 2 N–H and O–H groups in total. The highest BCUT2D eigenvalue weighted by molar-refractivity contribution is 6.30. The fourth-order valence-corrected chi connectivity index (χ4v) is 2.83. The van der Waals surface area contributed by atoms with E-state index in [1.54, 1.807) is 0 Å². The number of hydrogen-bond donors (Lipinski definition) is 1. The van der Waals surface area contributed by atoms with Crippen LogP contribution in [0.25, 0.3) is 0 Å². The number of benzene rings is 1. The first-order valence-electron chi connectivity index (χ1n) is 5.75. The molecule has 1 aromatic rings. The molecule has 0 heterocycles. The standard InChI is InChI=1S/C13H18ClN/c14-13-3-1-2-11(9-13)12-5-4-10(8-12)6-7-15/h1-3,9-10,12H,4-8,15H2. The molecule has 1 aliphatic rings. The maximum Gasteiger partial charge on any atom is 0.0408 e. The summed E-state index contributed by atoms with van der Waals surface area (Å²) >= 11 is 6.00. The van der Waals surface area contributed by atoms with E-state index in [1.165, 1.54) is 31.2 Å². The lowest BCUT2D eigenvalue weighted by atomic mass is 9.95. The smallest absolute Gasteiger partial charge is 0.0408 e. The summed E-state index contributed by atoms with van der Waals surface area (Å²) in [6, 6.07) is 8.30. The molecule has 2 heteroatoms. The lowest BCUT2D eigenvalue weighted by Gasteiger charge is -2.11. The molecule has 1 nitrogen and oxygen atoms in total. The lowest BCUT2D eigenvalue weighted by Crippen LogP contribution is -2.05. The summed E-state index contributed by atoms with van der Waals surface area (Å²) in [7, 11) is 0. The quantitative estimate of drug-likeness (QED) is 0.833. The van der Waals surface area contributed by atoms with Gasteiger partial charge >= 0.3 is 0 Å². The summed E-state index contributed by atoms with van der Waals surface area (Å²) in [6.45, 7) is 0.826. The highest BCUT2D eigenvalue weighted by Gasteiger charge is 2.25. The Morgan fingerprint density at radius 3 is 2.93 bits per heavy atom. The monoisotopic (exact) mass is 223 g/mol. The second-order valence-corrected chi connectivity index (χ2v) is 4.94. The normalized spacial score (nSPS) is 25.7. The van der Waals surface area contributed by atoms with Gasteiger partial charge in [0.25, 0.3) is 0 Å². The number of hydrogen-bond acceptors (Lipinski definition) is 1. The van der Waals surface area contributed by atoms with Crippen LogP contribution in [-0.4, -0.2) is 6.54 Å². The maximum atomic E-state index is 6.00. The molecule has 2 rings (SSSR count). The van der Waals surface area contributed by atoms with Gasteiger partial charge in [-0.3, -0.25) is 0 Å². The van der Waals surface area contributed by atoms with Crippen molar-refractivity contribution in [2.24, 2.45) is 11.7 Å². The highest BCUT2D eigenvalue weighted by Crippen LogP contribution is 2.39. The largest absolute Gasteiger partial charge is 0.330 e. The summed E-state index contributed by atoms with van der Waals surface area (Å²) in [6.07, 6.45) is 5.09. The van der Waals surface area contributed by atoms with Crippen LogP contribution in [0.3, 0.4) is 0 Å². The zero-order valence-corrected chi connectivity index (χ0v) is 9.71. The van der Waals surface area contributed by atoms with E-state index in [9.17, 15) is 0 Å². The molecule has 1 saturated carbocycles. The van der Waals surface area contributed by atoms with E-state index in [1.807, 2.05) is 12.1 Å². The van der Waals surface area contributed by atoms with Crippen molar-refractivity contribution >= 4 is 11.6 Å². The molecule has 2 unspecified atom stereocenters. The molecule has 0 radical (unpaired) electrons. The van der Waals surface area contributed by atoms with Crippen molar-refractivity contribution in [1.29, 1.82) is 0 Å². The van der Waals surface area contributed by atoms with E-state index >= 15 is 0 Å². The fraction of sp³-hybridized carbons (Fsp3) is 0.538. The third kappa shape index (κ3) is 2.73. The predicted octanol–water partition coefficient (Wildman–Crippen LogP) is 3.57. The molecule has 0 saturated heterocycles. The van der Waals surface area contributed by atoms with Crippen molar-refractivity contribution in [3.05, 3.63) is 34.9 Å². The summed E-state index contributed by atoms with van der Waals surface area (Å²) in [5.41, 5.74) is 7.00. The zero-order valence-electron chi connectivity index (χ0n) is 8.95. The summed E-state index contributed by atoms with van der Waals surface area (Å²) in [4.78, 5) is 0. The Hall–Kier alpha value is -0.530. The molecule has 1 aromatic carbocycles. The molecule has 0 aliphatic heterocycles. The molecule has 1 aliphatic carbocycles. The first-order chi connectivity index (χ1) is 7.29. The Balaban J connectivity index is 2.01. The van der Waals surface area contributed by atoms with Gasteiger partial charge in [0, 0.05) is 5.02 Å². The maximum absolute atomic E-state index is 6.00. The highest BCUT2D eigenvalue weighted by atomic mass is 35.5. The van der Waals surface area contributed by atoms with Gasteiger partial charge in [0.2, 0.25) is 0 Å². The molecule has 15 heavy (non-hydrogen) atoms. The Morgan fingerprint density at radius 1 is 1.33 bits per heavy atom. The van der Waals surface area contributed by atoms with E-state index in [4.69, 9.17) is 17.3 Å². The van der Waals surface area contributed by atoms with Gasteiger partial charge in [-0.25, -0.2) is 0 Å². The SMILES string of the molecule is NCCC1CCC(c2cccc(Cl)c2)C1. The topological polar surface area (TPSA) is 26.0 Å². The minimum absolute atomic E-state index is 0.709. The number of nitrogens with two attached hydrogens (primary N) is 1. The first kappa shape index (κ1) is 11.0. The van der Waals surface area contributed by atoms with E-state index in [2.05, 4.69) is 12.1 Å². The van der Waals surface area contributed by atoms with Gasteiger partial charge in [0.05, 0.1) is 0 Å². The van der Waals surface area contributed by atoms with Crippen molar-refractivity contribution in [2.45, 2.75) is 31.6 Å². The van der Waals surface area contributed by atoms with Gasteiger partial charge in [0.15, 0.2) is 0 Å². The molecule has 82 valence electrons. The third-order valence-electron chi connectivity index (χ3n) is 3.44. The molecule has 2 atom stereocenters. The van der Waals surface area contributed by atoms with Crippen LogP contribution >= 0.6 is 11.6 Å². The number of rotatable bonds is 3. The van der Waals surface area contributed by atoms with Gasteiger partial charge in [-0.1, -0.05) is 23.7 Å². The van der Waals surface area contributed by atoms with Gasteiger partial charge in [-0.15, -0.1) is 0 Å². The minimum Gasteiger partial charge on any atom is -0.330 e. The molecular weight excluding hydrogens is 206 g/mol. The van der Waals surface area contributed by atoms with Crippen molar-refractivity contribution in [1.82, 2.24) is 0 Å². The Morgan fingerprint density at radius 2 is 2.20 bits per heavy atom. The van der Waals surface area contributed by atoms with Crippen molar-refractivity contribution < 1.29 is 0 Å². The Bertz CT molecular complexity index is 324. The van der Waals surface area contributed by atoms with Crippen LogP contribution in [0.15, 0.2) is 24.3 Å². The van der Waals surface area contributed by atoms with Gasteiger partial charge in [0.1, 0.15) is 0 Å². The van der Waals surface area contributed by atoms with Gasteiger partial charge < -0.3 is 5.73 Å². The third-order valence-corrected chi connectivity index (χ3v) is 3.67. The molecular formula is C13H18ClN. The van der Waals surface area contributed by atoms with Crippen LogP contribution in [0.1, 0.15) is 37.2 Å². The van der Waals surface area contributed by atoms with Gasteiger partial charge in [-0.05, 0) is 61.8 Å². The van der Waals surface area contributed by atoms with Crippen LogP contribution in [0, 0.1) is 5.92 Å². The minimum atomic E-state index is 0.709. The van der Waals surface area contributed by atoms with Crippen LogP contribution < -0.4 is 5.73 Å².